The molecule has 0 unspecified atom stereocenters. The average molecular weight is 188 g/mol. The van der Waals surface area contributed by atoms with E-state index < -0.39 is 5.97 Å². The maximum Gasteiger partial charge on any atom is 0.371 e. The smallest absolute Gasteiger partial charge is 0.371 e. The van der Waals surface area contributed by atoms with Crippen LogP contribution in [0.1, 0.15) is 17.0 Å². The number of aliphatic hydroxyl groups is 2. The molecule has 5 heteroatoms. The zero-order valence-electron chi connectivity index (χ0n) is 7.01. The van der Waals surface area contributed by atoms with Crippen molar-refractivity contribution in [2.75, 3.05) is 13.2 Å². The molecule has 0 saturated carbocycles. The van der Waals surface area contributed by atoms with Crippen molar-refractivity contribution < 1.29 is 24.5 Å². The first-order chi connectivity index (χ1) is 6.22. The summed E-state index contributed by atoms with van der Waals surface area (Å²) < 4.78 is 4.50. The maximum absolute atomic E-state index is 9.97. The summed E-state index contributed by atoms with van der Waals surface area (Å²) in [5.41, 5.74) is 0. The summed E-state index contributed by atoms with van der Waals surface area (Å²) in [4.78, 5) is 9.97. The topological polar surface area (TPSA) is 90.9 Å². The van der Waals surface area contributed by atoms with Crippen LogP contribution in [0.3, 0.4) is 0 Å². The summed E-state index contributed by atoms with van der Waals surface area (Å²) >= 11 is 0. The number of hydrogen-bond donors (Lipinski definition) is 3. The Morgan fingerprint density at radius 1 is 1.38 bits per heavy atom. The van der Waals surface area contributed by atoms with Gasteiger partial charge in [0.15, 0.2) is 0 Å². The molecule has 0 aliphatic heterocycles. The first-order valence-corrected chi connectivity index (χ1v) is 3.71. The molecule has 3 N–H and O–H groups in total. The number of carboxylic acids is 1. The molecule has 0 amide bonds. The molecule has 1 aromatic heterocycles. The number of carbonyl (C=O) groups is 1. The van der Waals surface area contributed by atoms with Gasteiger partial charge in [-0.15, -0.1) is 0 Å². The lowest BCUT2D eigenvalue weighted by molar-refractivity contribution is 0.0662. The van der Waals surface area contributed by atoms with E-state index >= 15 is 0 Å². The van der Waals surface area contributed by atoms with Gasteiger partial charge in [0.25, 0.3) is 0 Å². The minimum Gasteiger partial charge on any atom is -0.475 e. The highest BCUT2D eigenvalue weighted by Gasteiger charge is 2.01. The number of furan rings is 1. The lowest BCUT2D eigenvalue weighted by Crippen LogP contribution is -1.90. The van der Waals surface area contributed by atoms with Gasteiger partial charge >= 0.3 is 5.97 Å². The average Bonchev–Trinajstić information content (AvgIpc) is 2.58. The van der Waals surface area contributed by atoms with E-state index in [9.17, 15) is 4.79 Å². The minimum atomic E-state index is -1.03. The van der Waals surface area contributed by atoms with Crippen LogP contribution in [0.25, 0.3) is 0 Å². The predicted molar refractivity (Wildman–Crippen MR) is 44.5 cm³/mol. The van der Waals surface area contributed by atoms with Gasteiger partial charge in [0.2, 0.25) is 5.76 Å². The van der Waals surface area contributed by atoms with Crippen LogP contribution >= 0.6 is 0 Å². The predicted octanol–water partition coefficient (Wildman–Crippen LogP) is 0.339. The number of aromatic carboxylic acids is 1. The van der Waals surface area contributed by atoms with E-state index in [4.69, 9.17) is 15.3 Å². The molecule has 0 aliphatic carbocycles. The van der Waals surface area contributed by atoms with Crippen LogP contribution in [0, 0.1) is 0 Å². The van der Waals surface area contributed by atoms with Crippen LogP contribution in [0.5, 0.6) is 0 Å². The van der Waals surface area contributed by atoms with E-state index in [2.05, 4.69) is 4.42 Å². The number of carboxylic acid groups (broad SMARTS) is 1. The lowest BCUT2D eigenvalue weighted by atomic mass is 10.5. The van der Waals surface area contributed by atoms with E-state index in [1.807, 2.05) is 0 Å². The summed E-state index contributed by atoms with van der Waals surface area (Å²) in [6, 6.07) is 2.92. The van der Waals surface area contributed by atoms with Gasteiger partial charge in [-0.25, -0.2) is 4.79 Å². The van der Waals surface area contributed by atoms with Gasteiger partial charge < -0.3 is 19.7 Å². The fourth-order valence-corrected chi connectivity index (χ4v) is 0.471. The van der Waals surface area contributed by atoms with Crippen molar-refractivity contribution in [3.8, 4) is 0 Å². The number of rotatable bonds is 3. The minimum absolute atomic E-state index is 0.0231. The lowest BCUT2D eigenvalue weighted by Gasteiger charge is -1.79. The molecule has 5 nitrogen and oxygen atoms in total. The second-order valence-electron chi connectivity index (χ2n) is 2.08. The van der Waals surface area contributed by atoms with Crippen LogP contribution < -0.4 is 0 Å². The molecule has 74 valence electrons. The zero-order valence-corrected chi connectivity index (χ0v) is 7.01. The maximum atomic E-state index is 9.97. The molecule has 0 saturated heterocycles. The summed E-state index contributed by atoms with van der Waals surface area (Å²) in [6.45, 7) is 0.188. The van der Waals surface area contributed by atoms with Crippen LogP contribution in [0.15, 0.2) is 22.8 Å². The van der Waals surface area contributed by atoms with Crippen molar-refractivity contribution in [1.29, 1.82) is 0 Å². The Bertz CT molecular complexity index is 214. The van der Waals surface area contributed by atoms with Crippen molar-refractivity contribution in [1.82, 2.24) is 0 Å². The number of aliphatic hydroxyl groups excluding tert-OH is 2. The molecule has 13 heavy (non-hydrogen) atoms. The molecule has 0 aromatic carbocycles. The van der Waals surface area contributed by atoms with E-state index in [0.29, 0.717) is 6.42 Å². The molecule has 0 atom stereocenters. The quantitative estimate of drug-likeness (QED) is 0.636. The highest BCUT2D eigenvalue weighted by atomic mass is 16.4. The molecule has 1 aromatic rings. The van der Waals surface area contributed by atoms with Crippen molar-refractivity contribution in [3.63, 3.8) is 0 Å². The summed E-state index contributed by atoms with van der Waals surface area (Å²) in [5, 5.41) is 24.0. The van der Waals surface area contributed by atoms with Crippen LogP contribution in [0.2, 0.25) is 0 Å². The van der Waals surface area contributed by atoms with Crippen LogP contribution in [-0.4, -0.2) is 34.5 Å². The first kappa shape index (κ1) is 11.7. The van der Waals surface area contributed by atoms with Gasteiger partial charge in [-0.3, -0.25) is 0 Å². The highest BCUT2D eigenvalue weighted by Crippen LogP contribution is 1.97. The van der Waals surface area contributed by atoms with Gasteiger partial charge in [0, 0.05) is 13.2 Å². The molecule has 0 spiro atoms. The Labute approximate surface area is 75.2 Å². The van der Waals surface area contributed by atoms with Gasteiger partial charge in [0.05, 0.1) is 6.26 Å². The summed E-state index contributed by atoms with van der Waals surface area (Å²) in [5.74, 6) is -1.06. The van der Waals surface area contributed by atoms with E-state index in [0.717, 1.165) is 0 Å². The van der Waals surface area contributed by atoms with Gasteiger partial charge in [-0.1, -0.05) is 0 Å². The second kappa shape index (κ2) is 7.33. The van der Waals surface area contributed by atoms with E-state index in [-0.39, 0.29) is 19.0 Å². The van der Waals surface area contributed by atoms with Crippen molar-refractivity contribution >= 4 is 5.97 Å². The third-order valence-corrected chi connectivity index (χ3v) is 1.05. The molecular weight excluding hydrogens is 176 g/mol. The summed E-state index contributed by atoms with van der Waals surface area (Å²) in [7, 11) is 0. The van der Waals surface area contributed by atoms with Gasteiger partial charge in [0.1, 0.15) is 0 Å². The Hall–Kier alpha value is -1.33. The van der Waals surface area contributed by atoms with Crippen LogP contribution in [0.4, 0.5) is 0 Å². The molecule has 0 aliphatic rings. The molecule has 0 fully saturated rings. The van der Waals surface area contributed by atoms with Crippen molar-refractivity contribution in [2.45, 2.75) is 6.42 Å². The highest BCUT2D eigenvalue weighted by molar-refractivity contribution is 5.84. The third kappa shape index (κ3) is 5.89. The Morgan fingerprint density at radius 2 is 2.00 bits per heavy atom. The molecular formula is C8H12O5. The third-order valence-electron chi connectivity index (χ3n) is 1.05. The van der Waals surface area contributed by atoms with Crippen molar-refractivity contribution in [3.05, 3.63) is 24.2 Å². The second-order valence-corrected chi connectivity index (χ2v) is 2.08. The largest absolute Gasteiger partial charge is 0.475 e. The Kier molecular flexibility index (Phi) is 6.58. The first-order valence-electron chi connectivity index (χ1n) is 3.71. The van der Waals surface area contributed by atoms with E-state index in [1.54, 1.807) is 0 Å². The molecule has 1 heterocycles. The number of hydrogen-bond acceptors (Lipinski definition) is 4. The van der Waals surface area contributed by atoms with E-state index in [1.165, 1.54) is 18.4 Å². The molecule has 0 radical (unpaired) electrons. The zero-order chi connectivity index (χ0) is 10.1. The standard InChI is InChI=1S/C5H4O3.C3H8O2/c6-5(7)4-2-1-3-8-4;4-2-1-3-5/h1-3H,(H,6,7);4-5H,1-3H2. The van der Waals surface area contributed by atoms with Crippen molar-refractivity contribution in [2.24, 2.45) is 0 Å². The Morgan fingerprint density at radius 3 is 2.15 bits per heavy atom. The Balaban J connectivity index is 0.000000252. The van der Waals surface area contributed by atoms with Gasteiger partial charge in [-0.05, 0) is 18.6 Å². The molecule has 1 rings (SSSR count). The fraction of sp³-hybridized carbons (Fsp3) is 0.375. The fourth-order valence-electron chi connectivity index (χ4n) is 0.471. The normalized spacial score (nSPS) is 8.77. The molecule has 0 bridgehead atoms. The monoisotopic (exact) mass is 188 g/mol. The summed E-state index contributed by atoms with van der Waals surface area (Å²) in [6.07, 6.45) is 1.82. The van der Waals surface area contributed by atoms with Crippen LogP contribution in [-0.2, 0) is 0 Å². The SMILES string of the molecule is O=C(O)c1ccco1.OCCCO. The van der Waals surface area contributed by atoms with Gasteiger partial charge in [-0.2, -0.15) is 0 Å².